The molecule has 0 aromatic heterocycles. The highest BCUT2D eigenvalue weighted by Crippen LogP contribution is 2.16. The molecule has 0 heterocycles. The minimum Gasteiger partial charge on any atom is -0.387 e. The number of rotatable bonds is 6. The van der Waals surface area contributed by atoms with Gasteiger partial charge in [-0.15, -0.1) is 0 Å². The van der Waals surface area contributed by atoms with Gasteiger partial charge < -0.3 is 10.6 Å². The van der Waals surface area contributed by atoms with E-state index in [1.54, 1.807) is 13.3 Å². The molecule has 18 heavy (non-hydrogen) atoms. The zero-order valence-electron chi connectivity index (χ0n) is 11.1. The fourth-order valence-electron chi connectivity index (χ4n) is 1.64. The van der Waals surface area contributed by atoms with Crippen LogP contribution in [0.2, 0.25) is 0 Å². The van der Waals surface area contributed by atoms with Gasteiger partial charge in [-0.25, -0.2) is 0 Å². The van der Waals surface area contributed by atoms with Crippen LogP contribution in [0.4, 0.5) is 5.69 Å². The van der Waals surface area contributed by atoms with Gasteiger partial charge in [-0.05, 0) is 25.5 Å². The standard InChI is InChI=1S/C13H20N2O2S/c1-10-5-6-12(14-2)11(9-10)13(16)15-7-4-8-18(3)17/h5-6,9,14H,4,7-8H2,1-3H3,(H,15,16). The molecular formula is C13H20N2O2S. The van der Waals surface area contributed by atoms with Crippen molar-refractivity contribution in [3.8, 4) is 0 Å². The van der Waals surface area contributed by atoms with Crippen molar-refractivity contribution in [3.05, 3.63) is 29.3 Å². The molecule has 1 aromatic rings. The van der Waals surface area contributed by atoms with E-state index in [-0.39, 0.29) is 5.91 Å². The van der Waals surface area contributed by atoms with E-state index in [2.05, 4.69) is 10.6 Å². The Morgan fingerprint density at radius 3 is 2.72 bits per heavy atom. The number of amides is 1. The van der Waals surface area contributed by atoms with Crippen molar-refractivity contribution in [1.29, 1.82) is 0 Å². The normalized spacial score (nSPS) is 11.9. The number of aryl methyl sites for hydroxylation is 1. The largest absolute Gasteiger partial charge is 0.387 e. The lowest BCUT2D eigenvalue weighted by molar-refractivity contribution is 0.0954. The summed E-state index contributed by atoms with van der Waals surface area (Å²) < 4.78 is 10.9. The Morgan fingerprint density at radius 1 is 1.39 bits per heavy atom. The number of nitrogens with one attached hydrogen (secondary N) is 2. The number of benzene rings is 1. The van der Waals surface area contributed by atoms with E-state index in [4.69, 9.17) is 0 Å². The summed E-state index contributed by atoms with van der Waals surface area (Å²) in [5.74, 6) is 0.525. The number of hydrogen-bond acceptors (Lipinski definition) is 3. The molecule has 5 heteroatoms. The van der Waals surface area contributed by atoms with Gasteiger partial charge in [0.1, 0.15) is 0 Å². The van der Waals surface area contributed by atoms with Crippen LogP contribution in [0.5, 0.6) is 0 Å². The third-order valence-electron chi connectivity index (χ3n) is 2.58. The lowest BCUT2D eigenvalue weighted by atomic mass is 10.1. The summed E-state index contributed by atoms with van der Waals surface area (Å²) in [5, 5.41) is 5.85. The lowest BCUT2D eigenvalue weighted by Crippen LogP contribution is -2.26. The maximum absolute atomic E-state index is 12.0. The fraction of sp³-hybridized carbons (Fsp3) is 0.462. The van der Waals surface area contributed by atoms with Gasteiger partial charge in [0.25, 0.3) is 5.91 Å². The molecule has 1 amide bonds. The molecule has 0 radical (unpaired) electrons. The number of hydrogen-bond donors (Lipinski definition) is 2. The molecule has 0 aliphatic heterocycles. The van der Waals surface area contributed by atoms with Gasteiger partial charge in [0.2, 0.25) is 0 Å². The number of anilines is 1. The second-order valence-corrected chi connectivity index (χ2v) is 5.74. The van der Waals surface area contributed by atoms with E-state index in [0.717, 1.165) is 17.7 Å². The first-order valence-corrected chi connectivity index (χ1v) is 7.64. The van der Waals surface area contributed by atoms with E-state index in [0.29, 0.717) is 17.9 Å². The van der Waals surface area contributed by atoms with Gasteiger partial charge in [-0.3, -0.25) is 9.00 Å². The van der Waals surface area contributed by atoms with Crippen molar-refractivity contribution >= 4 is 22.4 Å². The molecule has 2 N–H and O–H groups in total. The highest BCUT2D eigenvalue weighted by atomic mass is 32.2. The first kappa shape index (κ1) is 14.7. The monoisotopic (exact) mass is 268 g/mol. The Hall–Kier alpha value is -1.36. The third-order valence-corrected chi connectivity index (χ3v) is 3.45. The molecule has 0 saturated carbocycles. The predicted molar refractivity (Wildman–Crippen MR) is 76.6 cm³/mol. The Balaban J connectivity index is 2.60. The van der Waals surface area contributed by atoms with Crippen molar-refractivity contribution in [2.24, 2.45) is 0 Å². The van der Waals surface area contributed by atoms with Crippen LogP contribution < -0.4 is 10.6 Å². The van der Waals surface area contributed by atoms with Crippen molar-refractivity contribution in [2.75, 3.05) is 30.9 Å². The first-order valence-electron chi connectivity index (χ1n) is 5.91. The fourth-order valence-corrected chi connectivity index (χ4v) is 2.19. The van der Waals surface area contributed by atoms with Gasteiger partial charge in [-0.1, -0.05) is 11.6 Å². The molecule has 100 valence electrons. The summed E-state index contributed by atoms with van der Waals surface area (Å²) in [6.45, 7) is 2.51. The minimum atomic E-state index is -0.798. The van der Waals surface area contributed by atoms with Crippen LogP contribution in [0.1, 0.15) is 22.3 Å². The number of carbonyl (C=O) groups excluding carboxylic acids is 1. The van der Waals surface area contributed by atoms with Crippen molar-refractivity contribution in [2.45, 2.75) is 13.3 Å². The summed E-state index contributed by atoms with van der Waals surface area (Å²) in [7, 11) is 0.995. The van der Waals surface area contributed by atoms with E-state index in [9.17, 15) is 9.00 Å². The van der Waals surface area contributed by atoms with E-state index < -0.39 is 10.8 Å². The van der Waals surface area contributed by atoms with Crippen LogP contribution in [0.15, 0.2) is 18.2 Å². The van der Waals surface area contributed by atoms with Crippen molar-refractivity contribution in [3.63, 3.8) is 0 Å². The summed E-state index contributed by atoms with van der Waals surface area (Å²) in [6, 6.07) is 5.72. The second-order valence-electron chi connectivity index (χ2n) is 4.19. The maximum Gasteiger partial charge on any atom is 0.253 e. The summed E-state index contributed by atoms with van der Waals surface area (Å²) in [4.78, 5) is 12.0. The van der Waals surface area contributed by atoms with Crippen LogP contribution in [-0.2, 0) is 10.8 Å². The Morgan fingerprint density at radius 2 is 2.11 bits per heavy atom. The topological polar surface area (TPSA) is 58.2 Å². The van der Waals surface area contributed by atoms with E-state index in [1.165, 1.54) is 0 Å². The molecule has 1 unspecified atom stereocenters. The Labute approximate surface area is 111 Å². The molecule has 0 saturated heterocycles. The van der Waals surface area contributed by atoms with Gasteiger partial charge in [0.05, 0.1) is 5.56 Å². The van der Waals surface area contributed by atoms with Crippen LogP contribution in [0, 0.1) is 6.92 Å². The zero-order chi connectivity index (χ0) is 13.5. The molecule has 0 aliphatic carbocycles. The summed E-state index contributed by atoms with van der Waals surface area (Å²) in [6.07, 6.45) is 2.40. The van der Waals surface area contributed by atoms with Crippen molar-refractivity contribution < 1.29 is 9.00 Å². The second kappa shape index (κ2) is 7.16. The van der Waals surface area contributed by atoms with Crippen molar-refractivity contribution in [1.82, 2.24) is 5.32 Å². The molecule has 4 nitrogen and oxygen atoms in total. The van der Waals surface area contributed by atoms with Gasteiger partial charge in [-0.2, -0.15) is 0 Å². The van der Waals surface area contributed by atoms with Gasteiger partial charge in [0.15, 0.2) is 0 Å². The highest BCUT2D eigenvalue weighted by molar-refractivity contribution is 7.84. The highest BCUT2D eigenvalue weighted by Gasteiger charge is 2.10. The molecule has 0 aliphatic rings. The Kier molecular flexibility index (Phi) is 5.85. The SMILES string of the molecule is CNc1ccc(C)cc1C(=O)NCCCS(C)=O. The van der Waals surface area contributed by atoms with Gasteiger partial charge >= 0.3 is 0 Å². The van der Waals surface area contributed by atoms with E-state index >= 15 is 0 Å². The van der Waals surface area contributed by atoms with Crippen LogP contribution in [-0.4, -0.2) is 35.7 Å². The Bertz CT molecular complexity index is 447. The molecule has 1 rings (SSSR count). The predicted octanol–water partition coefficient (Wildman–Crippen LogP) is 1.54. The average Bonchev–Trinajstić information content (AvgIpc) is 2.34. The quantitative estimate of drug-likeness (QED) is 0.769. The average molecular weight is 268 g/mol. The summed E-state index contributed by atoms with van der Waals surface area (Å²) in [5.41, 5.74) is 2.51. The van der Waals surface area contributed by atoms with Crippen LogP contribution in [0.25, 0.3) is 0 Å². The zero-order valence-corrected chi connectivity index (χ0v) is 11.9. The third kappa shape index (κ3) is 4.49. The van der Waals surface area contributed by atoms with Gasteiger partial charge in [0, 0.05) is 42.1 Å². The van der Waals surface area contributed by atoms with E-state index in [1.807, 2.05) is 25.1 Å². The maximum atomic E-state index is 12.0. The molecule has 1 aromatic carbocycles. The van der Waals surface area contributed by atoms with Crippen LogP contribution >= 0.6 is 0 Å². The number of carbonyl (C=O) groups is 1. The molecule has 1 atom stereocenters. The molecule has 0 bridgehead atoms. The van der Waals surface area contributed by atoms with Crippen LogP contribution in [0.3, 0.4) is 0 Å². The molecular weight excluding hydrogens is 248 g/mol. The molecule has 0 fully saturated rings. The molecule has 0 spiro atoms. The first-order chi connectivity index (χ1) is 8.54. The lowest BCUT2D eigenvalue weighted by Gasteiger charge is -2.10. The smallest absolute Gasteiger partial charge is 0.253 e. The minimum absolute atomic E-state index is 0.0927. The summed E-state index contributed by atoms with van der Waals surface area (Å²) >= 11 is 0.